The smallest absolute Gasteiger partial charge is 0.405 e. The topological polar surface area (TPSA) is 21.3 Å². The van der Waals surface area contributed by atoms with Crippen LogP contribution in [0, 0.1) is 0 Å². The average molecular weight is 293 g/mol. The van der Waals surface area contributed by atoms with Crippen LogP contribution in [0.3, 0.4) is 0 Å². The molecule has 1 aliphatic rings. The van der Waals surface area contributed by atoms with E-state index in [0.29, 0.717) is 5.56 Å². The van der Waals surface area contributed by atoms with Crippen molar-refractivity contribution in [3.8, 4) is 5.75 Å². The van der Waals surface area contributed by atoms with Crippen molar-refractivity contribution in [2.24, 2.45) is 0 Å². The third kappa shape index (κ3) is 3.03. The number of hydrogen-bond donors (Lipinski definition) is 1. The molecular formula is C16H14F3NO. The molecule has 0 fully saturated rings. The van der Waals surface area contributed by atoms with Crippen molar-refractivity contribution in [2.75, 3.05) is 6.54 Å². The lowest BCUT2D eigenvalue weighted by Crippen LogP contribution is -2.31. The molecule has 0 bridgehead atoms. The molecule has 3 rings (SSSR count). The van der Waals surface area contributed by atoms with Crippen LogP contribution in [-0.4, -0.2) is 12.9 Å². The fourth-order valence-electron chi connectivity index (χ4n) is 2.72. The second-order valence-corrected chi connectivity index (χ2v) is 4.92. The lowest BCUT2D eigenvalue weighted by atomic mass is 9.89. The zero-order valence-corrected chi connectivity index (χ0v) is 11.2. The summed E-state index contributed by atoms with van der Waals surface area (Å²) in [7, 11) is 0. The van der Waals surface area contributed by atoms with E-state index >= 15 is 0 Å². The first-order chi connectivity index (χ1) is 10.0. The normalized spacial score (nSPS) is 18.1. The van der Waals surface area contributed by atoms with E-state index in [-0.39, 0.29) is 11.8 Å². The number of fused-ring (bicyclic) bond motifs is 1. The zero-order chi connectivity index (χ0) is 14.9. The van der Waals surface area contributed by atoms with Crippen molar-refractivity contribution in [2.45, 2.75) is 18.8 Å². The monoisotopic (exact) mass is 293 g/mol. The molecule has 2 aromatic rings. The van der Waals surface area contributed by atoms with Crippen LogP contribution in [0.1, 0.15) is 22.7 Å². The van der Waals surface area contributed by atoms with Crippen molar-refractivity contribution in [3.05, 3.63) is 65.2 Å². The minimum Gasteiger partial charge on any atom is -0.405 e. The van der Waals surface area contributed by atoms with E-state index in [0.717, 1.165) is 24.1 Å². The molecule has 2 aromatic carbocycles. The van der Waals surface area contributed by atoms with E-state index in [2.05, 4.69) is 10.1 Å². The fraction of sp³-hybridized carbons (Fsp3) is 0.250. The number of nitrogens with one attached hydrogen (secondary N) is 1. The van der Waals surface area contributed by atoms with Gasteiger partial charge in [-0.25, -0.2) is 0 Å². The van der Waals surface area contributed by atoms with E-state index < -0.39 is 6.36 Å². The van der Waals surface area contributed by atoms with Gasteiger partial charge in [0.15, 0.2) is 0 Å². The highest BCUT2D eigenvalue weighted by atomic mass is 19.4. The summed E-state index contributed by atoms with van der Waals surface area (Å²) in [6.45, 7) is 0.724. The summed E-state index contributed by atoms with van der Waals surface area (Å²) in [6, 6.07) is 13.8. The molecule has 0 spiro atoms. The van der Waals surface area contributed by atoms with E-state index in [9.17, 15) is 13.2 Å². The third-order valence-corrected chi connectivity index (χ3v) is 3.56. The van der Waals surface area contributed by atoms with E-state index in [4.69, 9.17) is 0 Å². The minimum atomic E-state index is -4.69. The van der Waals surface area contributed by atoms with Gasteiger partial charge in [-0.1, -0.05) is 42.5 Å². The lowest BCUT2D eigenvalue weighted by Gasteiger charge is -2.28. The van der Waals surface area contributed by atoms with Crippen LogP contribution < -0.4 is 10.1 Å². The van der Waals surface area contributed by atoms with E-state index in [1.165, 1.54) is 6.07 Å². The summed E-state index contributed by atoms with van der Waals surface area (Å²) in [5.41, 5.74) is 2.66. The predicted molar refractivity (Wildman–Crippen MR) is 73.1 cm³/mol. The van der Waals surface area contributed by atoms with Gasteiger partial charge in [-0.05, 0) is 23.6 Å². The van der Waals surface area contributed by atoms with Crippen molar-refractivity contribution < 1.29 is 17.9 Å². The molecule has 0 amide bonds. The van der Waals surface area contributed by atoms with Crippen LogP contribution in [0.4, 0.5) is 13.2 Å². The predicted octanol–water partition coefficient (Wildman–Crippen LogP) is 3.82. The standard InChI is InChI=1S/C16H14F3NO/c17-16(18,19)21-14-8-4-3-7-13(14)15-12-6-2-1-5-11(12)9-10-20-15/h1-8,15,20H,9-10H2. The lowest BCUT2D eigenvalue weighted by molar-refractivity contribution is -0.275. The Morgan fingerprint density at radius 1 is 0.952 bits per heavy atom. The third-order valence-electron chi connectivity index (χ3n) is 3.56. The first kappa shape index (κ1) is 13.9. The van der Waals surface area contributed by atoms with Gasteiger partial charge in [0.25, 0.3) is 0 Å². The SMILES string of the molecule is FC(F)(F)Oc1ccccc1C1NCCc2ccccc21. The summed E-state index contributed by atoms with van der Waals surface area (Å²) in [5.74, 6) is -0.154. The average Bonchev–Trinajstić information content (AvgIpc) is 2.46. The molecule has 0 saturated carbocycles. The molecule has 2 nitrogen and oxygen atoms in total. The molecular weight excluding hydrogens is 279 g/mol. The van der Waals surface area contributed by atoms with Gasteiger partial charge < -0.3 is 10.1 Å². The molecule has 1 aliphatic heterocycles. The molecule has 1 unspecified atom stereocenters. The van der Waals surface area contributed by atoms with Gasteiger partial charge in [0, 0.05) is 12.1 Å². The van der Waals surface area contributed by atoms with Gasteiger partial charge in [0.05, 0.1) is 6.04 Å². The van der Waals surface area contributed by atoms with Crippen molar-refractivity contribution in [3.63, 3.8) is 0 Å². The van der Waals surface area contributed by atoms with Gasteiger partial charge in [-0.15, -0.1) is 13.2 Å². The number of ether oxygens (including phenoxy) is 1. The quantitative estimate of drug-likeness (QED) is 0.909. The number of hydrogen-bond acceptors (Lipinski definition) is 2. The second-order valence-electron chi connectivity index (χ2n) is 4.92. The van der Waals surface area contributed by atoms with Crippen LogP contribution >= 0.6 is 0 Å². The molecule has 1 atom stereocenters. The van der Waals surface area contributed by atoms with Crippen LogP contribution in [0.25, 0.3) is 0 Å². The van der Waals surface area contributed by atoms with Gasteiger partial charge >= 0.3 is 6.36 Å². The summed E-state index contributed by atoms with van der Waals surface area (Å²) in [6.07, 6.45) is -3.82. The van der Waals surface area contributed by atoms with Crippen LogP contribution in [-0.2, 0) is 6.42 Å². The Morgan fingerprint density at radius 3 is 2.38 bits per heavy atom. The molecule has 0 radical (unpaired) electrons. The van der Waals surface area contributed by atoms with Gasteiger partial charge in [-0.2, -0.15) is 0 Å². The fourth-order valence-corrected chi connectivity index (χ4v) is 2.72. The number of benzene rings is 2. The minimum absolute atomic E-state index is 0.154. The Morgan fingerprint density at radius 2 is 1.62 bits per heavy atom. The summed E-state index contributed by atoms with van der Waals surface area (Å²) >= 11 is 0. The Kier molecular flexibility index (Phi) is 3.59. The Bertz CT molecular complexity index is 639. The van der Waals surface area contributed by atoms with Crippen LogP contribution in [0.15, 0.2) is 48.5 Å². The molecule has 5 heteroatoms. The van der Waals surface area contributed by atoms with Gasteiger partial charge in [-0.3, -0.25) is 0 Å². The number of para-hydroxylation sites is 1. The highest BCUT2D eigenvalue weighted by Gasteiger charge is 2.33. The maximum Gasteiger partial charge on any atom is 0.573 e. The molecule has 1 N–H and O–H groups in total. The molecule has 110 valence electrons. The Labute approximate surface area is 120 Å². The first-order valence-corrected chi connectivity index (χ1v) is 6.70. The van der Waals surface area contributed by atoms with Crippen LogP contribution in [0.2, 0.25) is 0 Å². The number of halogens is 3. The highest BCUT2D eigenvalue weighted by Crippen LogP contribution is 2.36. The second kappa shape index (κ2) is 5.41. The van der Waals surface area contributed by atoms with E-state index in [1.54, 1.807) is 18.2 Å². The number of alkyl halides is 3. The first-order valence-electron chi connectivity index (χ1n) is 6.70. The van der Waals surface area contributed by atoms with Crippen LogP contribution in [0.5, 0.6) is 5.75 Å². The molecule has 0 aliphatic carbocycles. The summed E-state index contributed by atoms with van der Waals surface area (Å²) in [5, 5.41) is 3.27. The summed E-state index contributed by atoms with van der Waals surface area (Å²) in [4.78, 5) is 0. The highest BCUT2D eigenvalue weighted by molar-refractivity contribution is 5.45. The van der Waals surface area contributed by atoms with E-state index in [1.807, 2.05) is 24.3 Å². The maximum absolute atomic E-state index is 12.5. The summed E-state index contributed by atoms with van der Waals surface area (Å²) < 4.78 is 41.8. The molecule has 1 heterocycles. The zero-order valence-electron chi connectivity index (χ0n) is 11.2. The molecule has 21 heavy (non-hydrogen) atoms. The van der Waals surface area contributed by atoms with Crippen molar-refractivity contribution in [1.82, 2.24) is 5.32 Å². The van der Waals surface area contributed by atoms with Gasteiger partial charge in [0.1, 0.15) is 5.75 Å². The van der Waals surface area contributed by atoms with Crippen molar-refractivity contribution in [1.29, 1.82) is 0 Å². The largest absolute Gasteiger partial charge is 0.573 e. The Balaban J connectivity index is 2.02. The molecule has 0 saturated heterocycles. The number of rotatable bonds is 2. The maximum atomic E-state index is 12.5. The van der Waals surface area contributed by atoms with Gasteiger partial charge in [0.2, 0.25) is 0 Å². The Hall–Kier alpha value is -2.01. The molecule has 0 aromatic heterocycles. The van der Waals surface area contributed by atoms with Crippen molar-refractivity contribution >= 4 is 0 Å².